The van der Waals surface area contributed by atoms with Gasteiger partial charge in [0.25, 0.3) is 5.91 Å². The molecule has 0 atom stereocenters. The molecule has 20 heavy (non-hydrogen) atoms. The summed E-state index contributed by atoms with van der Waals surface area (Å²) >= 11 is 0. The van der Waals surface area contributed by atoms with Crippen LogP contribution in [0, 0.1) is 6.92 Å². The SMILES string of the molecule is COc1ccc(C)cc1C(=O)NCc1ccc(N)cc1. The number of nitrogens with two attached hydrogens (primary N) is 1. The zero-order valence-electron chi connectivity index (χ0n) is 11.6. The van der Waals surface area contributed by atoms with Crippen molar-refractivity contribution >= 4 is 11.6 Å². The lowest BCUT2D eigenvalue weighted by Crippen LogP contribution is -2.23. The molecule has 4 heteroatoms. The van der Waals surface area contributed by atoms with Gasteiger partial charge in [0.2, 0.25) is 0 Å². The van der Waals surface area contributed by atoms with Crippen molar-refractivity contribution in [1.82, 2.24) is 5.32 Å². The van der Waals surface area contributed by atoms with Gasteiger partial charge in [0.05, 0.1) is 12.7 Å². The molecular formula is C16H18N2O2. The van der Waals surface area contributed by atoms with Gasteiger partial charge in [-0.15, -0.1) is 0 Å². The normalized spacial score (nSPS) is 10.1. The predicted molar refractivity (Wildman–Crippen MR) is 79.8 cm³/mol. The second-order valence-corrected chi connectivity index (χ2v) is 4.63. The summed E-state index contributed by atoms with van der Waals surface area (Å²) in [4.78, 5) is 12.2. The minimum atomic E-state index is -0.151. The predicted octanol–water partition coefficient (Wildman–Crippen LogP) is 2.52. The lowest BCUT2D eigenvalue weighted by molar-refractivity contribution is 0.0948. The van der Waals surface area contributed by atoms with E-state index in [0.717, 1.165) is 11.1 Å². The van der Waals surface area contributed by atoms with Gasteiger partial charge in [0, 0.05) is 12.2 Å². The molecular weight excluding hydrogens is 252 g/mol. The summed E-state index contributed by atoms with van der Waals surface area (Å²) in [6.45, 7) is 2.40. The van der Waals surface area contributed by atoms with Gasteiger partial charge in [0.15, 0.2) is 0 Å². The van der Waals surface area contributed by atoms with Crippen LogP contribution in [0.25, 0.3) is 0 Å². The highest BCUT2D eigenvalue weighted by Crippen LogP contribution is 2.19. The molecule has 3 N–H and O–H groups in total. The van der Waals surface area contributed by atoms with Crippen molar-refractivity contribution in [3.05, 3.63) is 59.2 Å². The van der Waals surface area contributed by atoms with Crippen LogP contribution < -0.4 is 15.8 Å². The van der Waals surface area contributed by atoms with E-state index in [0.29, 0.717) is 23.5 Å². The third-order valence-corrected chi connectivity index (χ3v) is 3.03. The van der Waals surface area contributed by atoms with Gasteiger partial charge in [-0.2, -0.15) is 0 Å². The summed E-state index contributed by atoms with van der Waals surface area (Å²) < 4.78 is 5.21. The fraction of sp³-hybridized carbons (Fsp3) is 0.188. The summed E-state index contributed by atoms with van der Waals surface area (Å²) in [5.74, 6) is 0.424. The maximum Gasteiger partial charge on any atom is 0.255 e. The minimum absolute atomic E-state index is 0.151. The van der Waals surface area contributed by atoms with Crippen LogP contribution in [0.4, 0.5) is 5.69 Å². The molecule has 104 valence electrons. The molecule has 0 aliphatic rings. The number of nitrogens with one attached hydrogen (secondary N) is 1. The minimum Gasteiger partial charge on any atom is -0.496 e. The van der Waals surface area contributed by atoms with Crippen LogP contribution in [0.5, 0.6) is 5.75 Å². The number of rotatable bonds is 4. The summed E-state index contributed by atoms with van der Waals surface area (Å²) in [7, 11) is 1.56. The first kappa shape index (κ1) is 13.9. The molecule has 0 spiro atoms. The topological polar surface area (TPSA) is 64.3 Å². The first-order chi connectivity index (χ1) is 9.60. The Labute approximate surface area is 118 Å². The van der Waals surface area contributed by atoms with Crippen molar-refractivity contribution in [2.75, 3.05) is 12.8 Å². The van der Waals surface area contributed by atoms with Crippen molar-refractivity contribution in [2.45, 2.75) is 13.5 Å². The number of anilines is 1. The summed E-state index contributed by atoms with van der Waals surface area (Å²) in [5.41, 5.74) is 8.89. The molecule has 0 aliphatic carbocycles. The molecule has 0 heterocycles. The second-order valence-electron chi connectivity index (χ2n) is 4.63. The molecule has 0 saturated heterocycles. The fourth-order valence-corrected chi connectivity index (χ4v) is 1.91. The van der Waals surface area contributed by atoms with Gasteiger partial charge in [-0.25, -0.2) is 0 Å². The molecule has 2 aromatic carbocycles. The Bertz CT molecular complexity index is 606. The van der Waals surface area contributed by atoms with Crippen molar-refractivity contribution in [3.63, 3.8) is 0 Å². The third kappa shape index (κ3) is 3.29. The molecule has 0 bridgehead atoms. The smallest absolute Gasteiger partial charge is 0.255 e. The van der Waals surface area contributed by atoms with E-state index >= 15 is 0 Å². The highest BCUT2D eigenvalue weighted by Gasteiger charge is 2.11. The Morgan fingerprint density at radius 1 is 1.20 bits per heavy atom. The largest absolute Gasteiger partial charge is 0.496 e. The van der Waals surface area contributed by atoms with Crippen LogP contribution in [-0.4, -0.2) is 13.0 Å². The van der Waals surface area contributed by atoms with Crippen molar-refractivity contribution in [2.24, 2.45) is 0 Å². The van der Waals surface area contributed by atoms with Gasteiger partial charge in [-0.3, -0.25) is 4.79 Å². The maximum absolute atomic E-state index is 12.2. The Morgan fingerprint density at radius 3 is 2.55 bits per heavy atom. The lowest BCUT2D eigenvalue weighted by atomic mass is 10.1. The molecule has 0 aliphatic heterocycles. The number of amides is 1. The molecule has 0 radical (unpaired) electrons. The Balaban J connectivity index is 2.08. The van der Waals surface area contributed by atoms with Crippen molar-refractivity contribution < 1.29 is 9.53 Å². The molecule has 0 unspecified atom stereocenters. The number of nitrogen functional groups attached to an aromatic ring is 1. The number of hydrogen-bond donors (Lipinski definition) is 2. The van der Waals surface area contributed by atoms with Crippen molar-refractivity contribution in [3.8, 4) is 5.75 Å². The van der Waals surface area contributed by atoms with E-state index in [4.69, 9.17) is 10.5 Å². The van der Waals surface area contributed by atoms with E-state index in [1.807, 2.05) is 43.3 Å². The van der Waals surface area contributed by atoms with Crippen LogP contribution >= 0.6 is 0 Å². The monoisotopic (exact) mass is 270 g/mol. The second kappa shape index (κ2) is 6.10. The number of aryl methyl sites for hydroxylation is 1. The quantitative estimate of drug-likeness (QED) is 0.839. The van der Waals surface area contributed by atoms with Gasteiger partial charge < -0.3 is 15.8 Å². The molecule has 2 rings (SSSR count). The number of hydrogen-bond acceptors (Lipinski definition) is 3. The molecule has 1 amide bonds. The standard InChI is InChI=1S/C16H18N2O2/c1-11-3-8-15(20-2)14(9-11)16(19)18-10-12-4-6-13(17)7-5-12/h3-9H,10,17H2,1-2H3,(H,18,19). The Hall–Kier alpha value is -2.49. The van der Waals surface area contributed by atoms with Gasteiger partial charge in [-0.1, -0.05) is 23.8 Å². The zero-order chi connectivity index (χ0) is 14.5. The van der Waals surface area contributed by atoms with Crippen LogP contribution in [0.3, 0.4) is 0 Å². The molecule has 2 aromatic rings. The number of carbonyl (C=O) groups is 1. The van der Waals surface area contributed by atoms with Gasteiger partial charge in [0.1, 0.15) is 5.75 Å². The molecule has 0 aromatic heterocycles. The van der Waals surface area contributed by atoms with E-state index in [9.17, 15) is 4.79 Å². The maximum atomic E-state index is 12.2. The molecule has 4 nitrogen and oxygen atoms in total. The molecule has 0 fully saturated rings. The number of carbonyl (C=O) groups excluding carboxylic acids is 1. The summed E-state index contributed by atoms with van der Waals surface area (Å²) in [5, 5.41) is 2.88. The fourth-order valence-electron chi connectivity index (χ4n) is 1.91. The van der Waals surface area contributed by atoms with Crippen LogP contribution in [0.1, 0.15) is 21.5 Å². The van der Waals surface area contributed by atoms with E-state index in [1.165, 1.54) is 0 Å². The van der Waals surface area contributed by atoms with Crippen molar-refractivity contribution in [1.29, 1.82) is 0 Å². The number of benzene rings is 2. The lowest BCUT2D eigenvalue weighted by Gasteiger charge is -2.10. The summed E-state index contributed by atoms with van der Waals surface area (Å²) in [6.07, 6.45) is 0. The highest BCUT2D eigenvalue weighted by atomic mass is 16.5. The van der Waals surface area contributed by atoms with E-state index in [2.05, 4.69) is 5.32 Å². The zero-order valence-corrected chi connectivity index (χ0v) is 11.6. The van der Waals surface area contributed by atoms with Crippen LogP contribution in [-0.2, 0) is 6.54 Å². The summed E-state index contributed by atoms with van der Waals surface area (Å²) in [6, 6.07) is 12.9. The van der Waals surface area contributed by atoms with Crippen LogP contribution in [0.2, 0.25) is 0 Å². The average molecular weight is 270 g/mol. The van der Waals surface area contributed by atoms with E-state index in [1.54, 1.807) is 13.2 Å². The number of methoxy groups -OCH3 is 1. The van der Waals surface area contributed by atoms with E-state index < -0.39 is 0 Å². The molecule has 0 saturated carbocycles. The van der Waals surface area contributed by atoms with E-state index in [-0.39, 0.29) is 5.91 Å². The number of ether oxygens (including phenoxy) is 1. The Kier molecular flexibility index (Phi) is 4.25. The third-order valence-electron chi connectivity index (χ3n) is 3.03. The Morgan fingerprint density at radius 2 is 1.90 bits per heavy atom. The highest BCUT2D eigenvalue weighted by molar-refractivity contribution is 5.97. The van der Waals surface area contributed by atoms with Gasteiger partial charge >= 0.3 is 0 Å². The first-order valence-electron chi connectivity index (χ1n) is 6.37. The average Bonchev–Trinajstić information content (AvgIpc) is 2.46. The van der Waals surface area contributed by atoms with Crippen LogP contribution in [0.15, 0.2) is 42.5 Å². The van der Waals surface area contributed by atoms with Gasteiger partial charge in [-0.05, 0) is 36.8 Å². The first-order valence-corrected chi connectivity index (χ1v) is 6.37.